The number of rotatable bonds is 6. The third-order valence-electron chi connectivity index (χ3n) is 6.48. The van der Waals surface area contributed by atoms with Crippen LogP contribution in [-0.2, 0) is 20.7 Å². The maximum Gasteiger partial charge on any atom is 0.334 e. The lowest BCUT2D eigenvalue weighted by atomic mass is 10.0. The quantitative estimate of drug-likeness (QED) is 0.330. The van der Waals surface area contributed by atoms with E-state index in [1.165, 1.54) is 21.4 Å². The van der Waals surface area contributed by atoms with Crippen LogP contribution in [-0.4, -0.2) is 36.0 Å². The molecule has 0 bridgehead atoms. The molecule has 0 aliphatic heterocycles. The maximum atomic E-state index is 15.5. The minimum Gasteiger partial charge on any atom is -0.496 e. The lowest BCUT2D eigenvalue weighted by Crippen LogP contribution is -2.22. The average molecular weight is 511 g/mol. The Balaban J connectivity index is 1.52. The van der Waals surface area contributed by atoms with Crippen molar-refractivity contribution in [1.82, 2.24) is 28.9 Å². The Kier molecular flexibility index (Phi) is 5.64. The van der Waals surface area contributed by atoms with Gasteiger partial charge < -0.3 is 9.47 Å². The summed E-state index contributed by atoms with van der Waals surface area (Å²) in [6.07, 6.45) is 6.60. The zero-order valence-corrected chi connectivity index (χ0v) is 20.9. The van der Waals surface area contributed by atoms with Gasteiger partial charge in [0, 0.05) is 48.9 Å². The van der Waals surface area contributed by atoms with E-state index < -0.39 is 11.5 Å². The molecule has 0 saturated carbocycles. The third kappa shape index (κ3) is 3.86. The predicted octanol–water partition coefficient (Wildman–Crippen LogP) is 4.40. The average Bonchev–Trinajstić information content (AvgIpc) is 3.48. The van der Waals surface area contributed by atoms with E-state index in [1.807, 2.05) is 49.6 Å². The van der Waals surface area contributed by atoms with Gasteiger partial charge in [-0.15, -0.1) is 0 Å². The minimum atomic E-state index is -0.684. The van der Waals surface area contributed by atoms with Gasteiger partial charge in [0.2, 0.25) is 0 Å². The molecule has 0 N–H and O–H groups in total. The molecule has 0 amide bonds. The summed E-state index contributed by atoms with van der Waals surface area (Å²) < 4.78 is 31.2. The van der Waals surface area contributed by atoms with E-state index >= 15 is 4.39 Å². The SMILES string of the molecule is COc1cc2ncc3c(c2cc1-c1cnn(C)c1)n(-c1ncc(OCc2ccccc2)cc1F)c(=O)n3C. The fourth-order valence-electron chi connectivity index (χ4n) is 4.57. The van der Waals surface area contributed by atoms with Gasteiger partial charge in [-0.3, -0.25) is 14.2 Å². The van der Waals surface area contributed by atoms with Gasteiger partial charge in [-0.2, -0.15) is 5.10 Å². The molecule has 0 saturated heterocycles. The van der Waals surface area contributed by atoms with Crippen LogP contribution in [0, 0.1) is 5.82 Å². The predicted molar refractivity (Wildman–Crippen MR) is 141 cm³/mol. The summed E-state index contributed by atoms with van der Waals surface area (Å²) in [7, 11) is 5.03. The number of aryl methyl sites for hydroxylation is 2. The van der Waals surface area contributed by atoms with E-state index in [1.54, 1.807) is 37.3 Å². The van der Waals surface area contributed by atoms with E-state index in [-0.39, 0.29) is 18.2 Å². The van der Waals surface area contributed by atoms with Crippen LogP contribution in [0.4, 0.5) is 4.39 Å². The number of hydrogen-bond donors (Lipinski definition) is 0. The summed E-state index contributed by atoms with van der Waals surface area (Å²) in [4.78, 5) is 22.2. The summed E-state index contributed by atoms with van der Waals surface area (Å²) in [6.45, 7) is 0.269. The first-order chi connectivity index (χ1) is 18.4. The summed E-state index contributed by atoms with van der Waals surface area (Å²) in [5.41, 5.74) is 3.71. The molecule has 2 aromatic carbocycles. The number of benzene rings is 2. The fraction of sp³-hybridized carbons (Fsp3) is 0.143. The molecular formula is C28H23FN6O3. The second-order valence-corrected chi connectivity index (χ2v) is 8.89. The van der Waals surface area contributed by atoms with Crippen LogP contribution < -0.4 is 15.2 Å². The van der Waals surface area contributed by atoms with Crippen molar-refractivity contribution in [1.29, 1.82) is 0 Å². The first-order valence-electron chi connectivity index (χ1n) is 11.8. The Hall–Kier alpha value is -4.99. The van der Waals surface area contributed by atoms with Crippen molar-refractivity contribution >= 4 is 21.9 Å². The lowest BCUT2D eigenvalue weighted by molar-refractivity contribution is 0.303. The van der Waals surface area contributed by atoms with Gasteiger partial charge in [0.25, 0.3) is 0 Å². The van der Waals surface area contributed by atoms with Crippen molar-refractivity contribution in [2.45, 2.75) is 6.61 Å². The Bertz CT molecular complexity index is 1870. The van der Waals surface area contributed by atoms with Gasteiger partial charge in [-0.05, 0) is 11.6 Å². The Morgan fingerprint density at radius 1 is 1.00 bits per heavy atom. The number of nitrogens with zero attached hydrogens (tertiary/aromatic N) is 6. The summed E-state index contributed by atoms with van der Waals surface area (Å²) >= 11 is 0. The number of fused-ring (bicyclic) bond motifs is 3. The molecule has 0 radical (unpaired) electrons. The Morgan fingerprint density at radius 3 is 2.53 bits per heavy atom. The van der Waals surface area contributed by atoms with Crippen LogP contribution in [0.15, 0.2) is 78.1 Å². The second-order valence-electron chi connectivity index (χ2n) is 8.89. The van der Waals surface area contributed by atoms with Gasteiger partial charge in [0.15, 0.2) is 11.6 Å². The molecule has 0 fully saturated rings. The minimum absolute atomic E-state index is 0.126. The summed E-state index contributed by atoms with van der Waals surface area (Å²) in [6, 6.07) is 14.5. The summed E-state index contributed by atoms with van der Waals surface area (Å²) in [5.74, 6) is 0.0555. The van der Waals surface area contributed by atoms with Crippen LogP contribution in [0.25, 0.3) is 38.9 Å². The van der Waals surface area contributed by atoms with Crippen molar-refractivity contribution in [2.24, 2.45) is 14.1 Å². The van der Waals surface area contributed by atoms with E-state index in [9.17, 15) is 4.79 Å². The number of ether oxygens (including phenoxy) is 2. The standard InChI is InChI=1S/C28H23FN6O3/c1-33-15-18(12-32-33)20-10-21-23(11-25(20)37-3)30-14-24-26(21)35(28(36)34(24)2)27-22(29)9-19(13-31-27)38-16-17-7-5-4-6-8-17/h4-15H,16H2,1-3H3. The number of halogens is 1. The van der Waals surface area contributed by atoms with E-state index in [4.69, 9.17) is 9.47 Å². The molecule has 9 nitrogen and oxygen atoms in total. The van der Waals surface area contributed by atoms with Crippen molar-refractivity contribution in [3.05, 3.63) is 95.2 Å². The highest BCUT2D eigenvalue weighted by Gasteiger charge is 2.22. The summed E-state index contributed by atoms with van der Waals surface area (Å²) in [5, 5.41) is 4.91. The number of pyridine rings is 2. The maximum absolute atomic E-state index is 15.5. The Morgan fingerprint density at radius 2 is 1.82 bits per heavy atom. The smallest absolute Gasteiger partial charge is 0.334 e. The fourth-order valence-corrected chi connectivity index (χ4v) is 4.57. The number of imidazole rings is 1. The van der Waals surface area contributed by atoms with Crippen molar-refractivity contribution in [3.63, 3.8) is 0 Å². The molecule has 10 heteroatoms. The highest BCUT2D eigenvalue weighted by molar-refractivity contribution is 6.05. The molecule has 6 aromatic rings. The van der Waals surface area contributed by atoms with Gasteiger partial charge in [-0.25, -0.2) is 18.7 Å². The first kappa shape index (κ1) is 23.4. The zero-order valence-electron chi connectivity index (χ0n) is 20.9. The molecule has 0 aliphatic carbocycles. The molecule has 38 heavy (non-hydrogen) atoms. The lowest BCUT2D eigenvalue weighted by Gasteiger charge is -2.12. The molecule has 6 rings (SSSR count). The van der Waals surface area contributed by atoms with Crippen molar-refractivity contribution in [3.8, 4) is 28.4 Å². The monoisotopic (exact) mass is 510 g/mol. The van der Waals surface area contributed by atoms with Crippen LogP contribution in [0.3, 0.4) is 0 Å². The zero-order chi connectivity index (χ0) is 26.4. The second kappa shape index (κ2) is 9.15. The Labute approximate surface area is 216 Å². The molecular weight excluding hydrogens is 487 g/mol. The van der Waals surface area contributed by atoms with Crippen LogP contribution in [0.5, 0.6) is 11.5 Å². The van der Waals surface area contributed by atoms with Gasteiger partial charge in [-0.1, -0.05) is 30.3 Å². The van der Waals surface area contributed by atoms with Crippen LogP contribution in [0.2, 0.25) is 0 Å². The van der Waals surface area contributed by atoms with Crippen LogP contribution in [0.1, 0.15) is 5.56 Å². The van der Waals surface area contributed by atoms with Gasteiger partial charge >= 0.3 is 5.69 Å². The first-order valence-corrected chi connectivity index (χ1v) is 11.8. The van der Waals surface area contributed by atoms with Gasteiger partial charge in [0.05, 0.1) is 42.3 Å². The molecule has 0 spiro atoms. The number of aromatic nitrogens is 6. The van der Waals surface area contributed by atoms with Gasteiger partial charge in [0.1, 0.15) is 18.1 Å². The molecule has 4 heterocycles. The van der Waals surface area contributed by atoms with Crippen molar-refractivity contribution in [2.75, 3.05) is 7.11 Å². The van der Waals surface area contributed by atoms with E-state index in [0.29, 0.717) is 27.7 Å². The molecule has 0 unspecified atom stereocenters. The number of methoxy groups -OCH3 is 1. The molecule has 0 aliphatic rings. The highest BCUT2D eigenvalue weighted by Crippen LogP contribution is 2.36. The molecule has 190 valence electrons. The largest absolute Gasteiger partial charge is 0.496 e. The topological polar surface area (TPSA) is 89.0 Å². The highest BCUT2D eigenvalue weighted by atomic mass is 19.1. The number of hydrogen-bond acceptors (Lipinski definition) is 6. The third-order valence-corrected chi connectivity index (χ3v) is 6.48. The van der Waals surface area contributed by atoms with E-state index in [0.717, 1.165) is 16.7 Å². The van der Waals surface area contributed by atoms with Crippen molar-refractivity contribution < 1.29 is 13.9 Å². The van der Waals surface area contributed by atoms with E-state index in [2.05, 4.69) is 15.1 Å². The van der Waals surface area contributed by atoms with Crippen LogP contribution >= 0.6 is 0 Å². The molecule has 0 atom stereocenters. The molecule has 4 aromatic heterocycles. The normalized spacial score (nSPS) is 11.4.